The number of piperidine rings is 1. The number of hydrogen-bond acceptors (Lipinski definition) is 9. The predicted molar refractivity (Wildman–Crippen MR) is 133 cm³/mol. The molecule has 1 aromatic carbocycles. The molecule has 194 valence electrons. The van der Waals surface area contributed by atoms with Crippen LogP contribution in [0.3, 0.4) is 0 Å². The van der Waals surface area contributed by atoms with Gasteiger partial charge in [0.05, 0.1) is 24.6 Å². The highest BCUT2D eigenvalue weighted by atomic mass is 16.6. The molecule has 1 amide bonds. The van der Waals surface area contributed by atoms with Gasteiger partial charge < -0.3 is 29.7 Å². The molecule has 11 heteroatoms. The van der Waals surface area contributed by atoms with Crippen molar-refractivity contribution in [3.8, 4) is 11.5 Å². The zero-order valence-corrected chi connectivity index (χ0v) is 21.1. The lowest BCUT2D eigenvalue weighted by molar-refractivity contribution is 0.0523. The molecule has 0 radical (unpaired) electrons. The summed E-state index contributed by atoms with van der Waals surface area (Å²) in [7, 11) is 1.32. The number of nitrogens with one attached hydrogen (secondary N) is 2. The van der Waals surface area contributed by atoms with Crippen molar-refractivity contribution in [3.05, 3.63) is 40.4 Å². The van der Waals surface area contributed by atoms with E-state index in [1.165, 1.54) is 7.11 Å². The van der Waals surface area contributed by atoms with Gasteiger partial charge in [-0.2, -0.15) is 4.98 Å². The number of fused-ring (bicyclic) bond motifs is 2. The highest BCUT2D eigenvalue weighted by Crippen LogP contribution is 2.41. The standard InChI is InChI=1S/C25H33N5O6/c1-25(2,3)36-24(33)26-10-5-11-29-12-8-17(9-13-29)30-15-20-21(28-23(30)32)27-18-14-16(22(31)34-4)6-7-19(18)35-20/h6-7,14-15,17H,5,8-13H2,1-4H3,(H,26,33)(H,27,28,32). The van der Waals surface area contributed by atoms with Crippen LogP contribution in [0.1, 0.15) is 56.4 Å². The lowest BCUT2D eigenvalue weighted by Crippen LogP contribution is -2.39. The molecule has 0 unspecified atom stereocenters. The molecule has 0 spiro atoms. The molecule has 2 aliphatic rings. The van der Waals surface area contributed by atoms with Crippen LogP contribution >= 0.6 is 0 Å². The van der Waals surface area contributed by atoms with Gasteiger partial charge in [-0.05, 0) is 64.8 Å². The highest BCUT2D eigenvalue weighted by molar-refractivity contribution is 5.92. The fraction of sp³-hybridized carbons (Fsp3) is 0.520. The number of carbonyl (C=O) groups is 2. The smallest absolute Gasteiger partial charge is 0.407 e. The number of carbonyl (C=O) groups excluding carboxylic acids is 2. The van der Waals surface area contributed by atoms with Gasteiger partial charge in [-0.15, -0.1) is 0 Å². The lowest BCUT2D eigenvalue weighted by atomic mass is 10.0. The quantitative estimate of drug-likeness (QED) is 0.388. The van der Waals surface area contributed by atoms with Crippen LogP contribution in [0, 0.1) is 0 Å². The number of hydrogen-bond donors (Lipinski definition) is 2. The molecular weight excluding hydrogens is 466 g/mol. The van der Waals surface area contributed by atoms with E-state index in [4.69, 9.17) is 14.2 Å². The average Bonchev–Trinajstić information content (AvgIpc) is 2.83. The van der Waals surface area contributed by atoms with Gasteiger partial charge in [0.2, 0.25) is 0 Å². The molecule has 1 saturated heterocycles. The Morgan fingerprint density at radius 1 is 1.22 bits per heavy atom. The van der Waals surface area contributed by atoms with E-state index in [2.05, 4.69) is 20.5 Å². The molecule has 0 aliphatic carbocycles. The first kappa shape index (κ1) is 25.5. The summed E-state index contributed by atoms with van der Waals surface area (Å²) < 4.78 is 17.6. The third kappa shape index (κ3) is 6.14. The molecule has 1 fully saturated rings. The van der Waals surface area contributed by atoms with E-state index in [1.54, 1.807) is 29.0 Å². The van der Waals surface area contributed by atoms with Gasteiger partial charge in [-0.1, -0.05) is 0 Å². The molecule has 2 aliphatic heterocycles. The fourth-order valence-electron chi connectivity index (χ4n) is 4.31. The van der Waals surface area contributed by atoms with Gasteiger partial charge >= 0.3 is 17.8 Å². The second-order valence-electron chi connectivity index (χ2n) is 9.93. The SMILES string of the molecule is COC(=O)c1ccc2c(c1)Nc1nc(=O)n(C3CCN(CCCNC(=O)OC(C)(C)C)CC3)cc1O2. The number of anilines is 2. The Labute approximate surface area is 209 Å². The number of nitrogens with zero attached hydrogens (tertiary/aromatic N) is 3. The fourth-order valence-corrected chi connectivity index (χ4v) is 4.31. The maximum absolute atomic E-state index is 12.8. The zero-order chi connectivity index (χ0) is 25.9. The van der Waals surface area contributed by atoms with E-state index in [9.17, 15) is 14.4 Å². The predicted octanol–water partition coefficient (Wildman–Crippen LogP) is 3.43. The van der Waals surface area contributed by atoms with E-state index < -0.39 is 17.7 Å². The summed E-state index contributed by atoms with van der Waals surface area (Å²) in [5.74, 6) is 0.862. The van der Waals surface area contributed by atoms with Crippen LogP contribution in [0.15, 0.2) is 29.2 Å². The van der Waals surface area contributed by atoms with E-state index in [-0.39, 0.29) is 11.7 Å². The number of methoxy groups -OCH3 is 1. The molecule has 2 aromatic rings. The number of likely N-dealkylation sites (tertiary alicyclic amines) is 1. The minimum Gasteiger partial charge on any atom is -0.465 e. The zero-order valence-electron chi connectivity index (χ0n) is 21.1. The third-order valence-corrected chi connectivity index (χ3v) is 6.06. The third-order valence-electron chi connectivity index (χ3n) is 6.06. The Morgan fingerprint density at radius 3 is 2.67 bits per heavy atom. The van der Waals surface area contributed by atoms with Crippen LogP contribution in [0.5, 0.6) is 11.5 Å². The van der Waals surface area contributed by atoms with Gasteiger partial charge in [-0.25, -0.2) is 14.4 Å². The lowest BCUT2D eigenvalue weighted by Gasteiger charge is -2.33. The molecular formula is C25H33N5O6. The molecule has 0 saturated carbocycles. The molecule has 4 rings (SSSR count). The second kappa shape index (κ2) is 10.6. The van der Waals surface area contributed by atoms with E-state index in [0.717, 1.165) is 38.9 Å². The van der Waals surface area contributed by atoms with Crippen LogP contribution in [-0.2, 0) is 9.47 Å². The molecule has 36 heavy (non-hydrogen) atoms. The number of alkyl carbamates (subject to hydrolysis) is 1. The molecule has 0 atom stereocenters. The van der Waals surface area contributed by atoms with Crippen molar-refractivity contribution in [3.63, 3.8) is 0 Å². The average molecular weight is 500 g/mol. The van der Waals surface area contributed by atoms with Crippen LogP contribution in [0.25, 0.3) is 0 Å². The Hall–Kier alpha value is -3.60. The number of ether oxygens (including phenoxy) is 3. The summed E-state index contributed by atoms with van der Waals surface area (Å²) in [6.07, 6.45) is 3.75. The number of rotatable bonds is 6. The van der Waals surface area contributed by atoms with Crippen molar-refractivity contribution in [2.45, 2.75) is 51.7 Å². The van der Waals surface area contributed by atoms with Gasteiger partial charge in [-0.3, -0.25) is 4.57 Å². The maximum Gasteiger partial charge on any atom is 0.407 e. The van der Waals surface area contributed by atoms with Crippen molar-refractivity contribution < 1.29 is 23.8 Å². The van der Waals surface area contributed by atoms with Crippen molar-refractivity contribution in [2.24, 2.45) is 0 Å². The van der Waals surface area contributed by atoms with Crippen molar-refractivity contribution in [2.75, 3.05) is 38.6 Å². The van der Waals surface area contributed by atoms with Crippen molar-refractivity contribution in [1.82, 2.24) is 19.8 Å². The van der Waals surface area contributed by atoms with E-state index in [0.29, 0.717) is 35.1 Å². The van der Waals surface area contributed by atoms with Crippen LogP contribution in [-0.4, -0.2) is 65.4 Å². The summed E-state index contributed by atoms with van der Waals surface area (Å²) in [6, 6.07) is 4.94. The van der Waals surface area contributed by atoms with Crippen molar-refractivity contribution in [1.29, 1.82) is 0 Å². The minimum absolute atomic E-state index is 0.0261. The van der Waals surface area contributed by atoms with Gasteiger partial charge in [0.1, 0.15) is 5.60 Å². The molecule has 2 N–H and O–H groups in total. The second-order valence-corrected chi connectivity index (χ2v) is 9.93. The van der Waals surface area contributed by atoms with Crippen molar-refractivity contribution >= 4 is 23.6 Å². The van der Waals surface area contributed by atoms with Crippen LogP contribution in [0.4, 0.5) is 16.3 Å². The number of amides is 1. The molecule has 11 nitrogen and oxygen atoms in total. The monoisotopic (exact) mass is 499 g/mol. The number of benzene rings is 1. The van der Waals surface area contributed by atoms with Gasteiger partial charge in [0.25, 0.3) is 0 Å². The molecule has 3 heterocycles. The topological polar surface area (TPSA) is 124 Å². The van der Waals surface area contributed by atoms with E-state index in [1.807, 2.05) is 20.8 Å². The number of esters is 1. The Kier molecular flexibility index (Phi) is 7.48. The highest BCUT2D eigenvalue weighted by Gasteiger charge is 2.26. The molecule has 0 bridgehead atoms. The number of aromatic nitrogens is 2. The summed E-state index contributed by atoms with van der Waals surface area (Å²) >= 11 is 0. The summed E-state index contributed by atoms with van der Waals surface area (Å²) in [4.78, 5) is 42.9. The summed E-state index contributed by atoms with van der Waals surface area (Å²) in [5.41, 5.74) is 0.0622. The molecule has 1 aromatic heterocycles. The summed E-state index contributed by atoms with van der Waals surface area (Å²) in [5, 5.41) is 5.87. The van der Waals surface area contributed by atoms with Gasteiger partial charge in [0.15, 0.2) is 17.3 Å². The maximum atomic E-state index is 12.8. The normalized spacial score (nSPS) is 15.7. The Balaban J connectivity index is 1.31. The van der Waals surface area contributed by atoms with Crippen LogP contribution in [0.2, 0.25) is 0 Å². The largest absolute Gasteiger partial charge is 0.465 e. The first-order valence-corrected chi connectivity index (χ1v) is 12.1. The first-order chi connectivity index (χ1) is 17.1. The van der Waals surface area contributed by atoms with Gasteiger partial charge in [0, 0.05) is 25.7 Å². The Morgan fingerprint density at radius 2 is 1.97 bits per heavy atom. The summed E-state index contributed by atoms with van der Waals surface area (Å²) in [6.45, 7) is 8.61. The Bertz CT molecular complexity index is 1180. The minimum atomic E-state index is -0.506. The van der Waals surface area contributed by atoms with E-state index >= 15 is 0 Å². The van der Waals surface area contributed by atoms with Crippen LogP contribution < -0.4 is 21.1 Å². The first-order valence-electron chi connectivity index (χ1n) is 12.1.